The van der Waals surface area contributed by atoms with Crippen LogP contribution >= 0.6 is 0 Å². The van der Waals surface area contributed by atoms with Crippen molar-refractivity contribution in [2.45, 2.75) is 30.8 Å². The van der Waals surface area contributed by atoms with E-state index in [0.717, 1.165) is 38.1 Å². The maximum atomic E-state index is 11.8. The van der Waals surface area contributed by atoms with Crippen molar-refractivity contribution in [2.75, 3.05) is 32.8 Å². The van der Waals surface area contributed by atoms with E-state index in [4.69, 9.17) is 9.39 Å². The number of hydrogen-bond donors (Lipinski definition) is 3. The van der Waals surface area contributed by atoms with Crippen LogP contribution in [-0.4, -0.2) is 73.0 Å². The van der Waals surface area contributed by atoms with Crippen molar-refractivity contribution in [3.05, 3.63) is 23.3 Å². The lowest BCUT2D eigenvalue weighted by Gasteiger charge is -2.40. The van der Waals surface area contributed by atoms with Crippen LogP contribution in [0.15, 0.2) is 12.1 Å². The molecular formula is C17H22BN2O5. The molecule has 4 rings (SSSR count). The molecule has 2 saturated heterocycles. The molecule has 0 amide bonds. The minimum absolute atomic E-state index is 0.0457. The SMILES string of the molecule is C[C@H]1C[B]Oc2c1ccc(OC1CN(CC3(CO)CN3)C1)c2C(=O)O. The Bertz CT molecular complexity index is 688. The van der Waals surface area contributed by atoms with Gasteiger partial charge in [0.15, 0.2) is 0 Å². The molecule has 2 atom stereocenters. The minimum atomic E-state index is -1.04. The van der Waals surface area contributed by atoms with E-state index in [1.54, 1.807) is 13.5 Å². The highest BCUT2D eigenvalue weighted by Gasteiger charge is 2.45. The molecule has 3 heterocycles. The number of aromatic carboxylic acids is 1. The highest BCUT2D eigenvalue weighted by atomic mass is 16.5. The molecule has 25 heavy (non-hydrogen) atoms. The molecule has 3 aliphatic heterocycles. The standard InChI is InChI=1S/C17H22BN2O5/c1-10-4-18-25-15-12(10)2-3-13(14(15)16(22)23)24-11-5-20(6-11)8-17(9-21)7-19-17/h2-3,10-11,19,21H,4-9H2,1H3,(H,22,23)/t10-,17?/m0/s1. The number of fused-ring (bicyclic) bond motifs is 1. The van der Waals surface area contributed by atoms with Gasteiger partial charge in [0.05, 0.1) is 12.1 Å². The predicted octanol–water partition coefficient (Wildman–Crippen LogP) is 0.316. The molecule has 1 radical (unpaired) electrons. The molecule has 8 heteroatoms. The number of aliphatic hydroxyl groups is 1. The van der Waals surface area contributed by atoms with Crippen LogP contribution in [0.2, 0.25) is 6.32 Å². The second kappa shape index (κ2) is 6.19. The van der Waals surface area contributed by atoms with Crippen LogP contribution in [0.25, 0.3) is 0 Å². The van der Waals surface area contributed by atoms with Gasteiger partial charge in [-0.05, 0) is 23.9 Å². The van der Waals surface area contributed by atoms with Gasteiger partial charge in [0, 0.05) is 26.2 Å². The summed E-state index contributed by atoms with van der Waals surface area (Å²) in [4.78, 5) is 14.0. The Morgan fingerprint density at radius 3 is 2.92 bits per heavy atom. The summed E-state index contributed by atoms with van der Waals surface area (Å²) in [5.41, 5.74) is 0.865. The van der Waals surface area contributed by atoms with Crippen molar-refractivity contribution in [1.82, 2.24) is 10.2 Å². The Hall–Kier alpha value is -1.77. The van der Waals surface area contributed by atoms with Crippen LogP contribution in [0, 0.1) is 0 Å². The summed E-state index contributed by atoms with van der Waals surface area (Å²) in [6, 6.07) is 3.65. The zero-order valence-corrected chi connectivity index (χ0v) is 14.2. The van der Waals surface area contributed by atoms with Gasteiger partial charge in [-0.1, -0.05) is 13.0 Å². The van der Waals surface area contributed by atoms with Crippen LogP contribution in [0.5, 0.6) is 11.5 Å². The molecule has 7 nitrogen and oxygen atoms in total. The quantitative estimate of drug-likeness (QED) is 0.504. The summed E-state index contributed by atoms with van der Waals surface area (Å²) in [6.07, 6.45) is 0.723. The molecule has 1 aromatic carbocycles. The highest BCUT2D eigenvalue weighted by molar-refractivity contribution is 6.29. The van der Waals surface area contributed by atoms with Gasteiger partial charge in [0.25, 0.3) is 0 Å². The third kappa shape index (κ3) is 3.10. The summed E-state index contributed by atoms with van der Waals surface area (Å²) in [7, 11) is 1.66. The first kappa shape index (κ1) is 16.7. The van der Waals surface area contributed by atoms with Crippen molar-refractivity contribution in [3.63, 3.8) is 0 Å². The number of rotatable bonds is 6. The largest absolute Gasteiger partial charge is 0.562 e. The van der Waals surface area contributed by atoms with Gasteiger partial charge >= 0.3 is 13.5 Å². The number of carboxylic acid groups (broad SMARTS) is 1. The molecule has 3 aliphatic rings. The number of carbonyl (C=O) groups is 1. The van der Waals surface area contributed by atoms with Gasteiger partial charge in [-0.25, -0.2) is 4.79 Å². The lowest BCUT2D eigenvalue weighted by molar-refractivity contribution is 0.00864. The van der Waals surface area contributed by atoms with Gasteiger partial charge < -0.3 is 24.9 Å². The number of benzene rings is 1. The molecule has 133 valence electrons. The van der Waals surface area contributed by atoms with Crippen molar-refractivity contribution in [3.8, 4) is 11.5 Å². The first-order valence-electron chi connectivity index (χ1n) is 8.65. The molecule has 2 fully saturated rings. The zero-order valence-electron chi connectivity index (χ0n) is 14.2. The lowest BCUT2D eigenvalue weighted by Crippen LogP contribution is -2.57. The molecular weight excluding hydrogens is 323 g/mol. The fourth-order valence-electron chi connectivity index (χ4n) is 3.53. The summed E-state index contributed by atoms with van der Waals surface area (Å²) in [6.45, 7) is 5.26. The smallest absolute Gasteiger partial charge is 0.370 e. The van der Waals surface area contributed by atoms with E-state index < -0.39 is 5.97 Å². The molecule has 0 spiro atoms. The normalized spacial score (nSPS) is 28.3. The van der Waals surface area contributed by atoms with E-state index in [1.807, 2.05) is 6.07 Å². The summed E-state index contributed by atoms with van der Waals surface area (Å²) < 4.78 is 11.5. The van der Waals surface area contributed by atoms with Gasteiger partial charge in [0.2, 0.25) is 0 Å². The number of likely N-dealkylation sites (tertiary alicyclic amines) is 1. The third-order valence-electron chi connectivity index (χ3n) is 5.27. The first-order valence-corrected chi connectivity index (χ1v) is 8.65. The Balaban J connectivity index is 1.45. The molecule has 0 saturated carbocycles. The van der Waals surface area contributed by atoms with Crippen molar-refractivity contribution in [1.29, 1.82) is 0 Å². The van der Waals surface area contributed by atoms with Gasteiger partial charge in [-0.3, -0.25) is 4.90 Å². The Morgan fingerprint density at radius 2 is 2.28 bits per heavy atom. The number of ether oxygens (including phenoxy) is 1. The number of carboxylic acids is 1. The van der Waals surface area contributed by atoms with Crippen molar-refractivity contribution < 1.29 is 24.4 Å². The fourth-order valence-corrected chi connectivity index (χ4v) is 3.53. The second-order valence-electron chi connectivity index (χ2n) is 7.31. The molecule has 1 unspecified atom stereocenters. The lowest BCUT2D eigenvalue weighted by atomic mass is 9.78. The van der Waals surface area contributed by atoms with E-state index in [1.165, 1.54) is 0 Å². The number of nitrogens with one attached hydrogen (secondary N) is 1. The van der Waals surface area contributed by atoms with E-state index in [2.05, 4.69) is 17.1 Å². The van der Waals surface area contributed by atoms with Gasteiger partial charge in [-0.15, -0.1) is 0 Å². The van der Waals surface area contributed by atoms with Crippen LogP contribution in [0.4, 0.5) is 0 Å². The minimum Gasteiger partial charge on any atom is -0.562 e. The average Bonchev–Trinajstić information content (AvgIpc) is 3.32. The van der Waals surface area contributed by atoms with Crippen molar-refractivity contribution >= 4 is 13.5 Å². The van der Waals surface area contributed by atoms with Crippen LogP contribution < -0.4 is 14.7 Å². The Kier molecular flexibility index (Phi) is 4.13. The highest BCUT2D eigenvalue weighted by Crippen LogP contribution is 2.41. The predicted molar refractivity (Wildman–Crippen MR) is 91.7 cm³/mol. The molecule has 0 aromatic heterocycles. The molecule has 0 bridgehead atoms. The van der Waals surface area contributed by atoms with E-state index in [0.29, 0.717) is 11.5 Å². The van der Waals surface area contributed by atoms with Crippen LogP contribution in [0.1, 0.15) is 28.8 Å². The first-order chi connectivity index (χ1) is 12.0. The van der Waals surface area contributed by atoms with Crippen LogP contribution in [-0.2, 0) is 0 Å². The third-order valence-corrected chi connectivity index (χ3v) is 5.27. The Labute approximate surface area is 147 Å². The molecule has 0 aliphatic carbocycles. The van der Waals surface area contributed by atoms with E-state index in [9.17, 15) is 15.0 Å². The second-order valence-corrected chi connectivity index (χ2v) is 7.31. The monoisotopic (exact) mass is 345 g/mol. The fraction of sp³-hybridized carbons (Fsp3) is 0.588. The summed E-state index contributed by atoms with van der Waals surface area (Å²) >= 11 is 0. The maximum absolute atomic E-state index is 11.8. The van der Waals surface area contributed by atoms with Gasteiger partial charge in [-0.2, -0.15) is 0 Å². The van der Waals surface area contributed by atoms with Crippen molar-refractivity contribution in [2.24, 2.45) is 0 Å². The molecule has 3 N–H and O–H groups in total. The summed E-state index contributed by atoms with van der Waals surface area (Å²) in [5.74, 6) is -0.0380. The zero-order chi connectivity index (χ0) is 17.6. The molecule has 1 aromatic rings. The van der Waals surface area contributed by atoms with Gasteiger partial charge in [0.1, 0.15) is 23.2 Å². The Morgan fingerprint density at radius 1 is 1.52 bits per heavy atom. The number of hydrogen-bond acceptors (Lipinski definition) is 6. The van der Waals surface area contributed by atoms with E-state index >= 15 is 0 Å². The average molecular weight is 345 g/mol. The van der Waals surface area contributed by atoms with E-state index in [-0.39, 0.29) is 29.7 Å². The number of aliphatic hydroxyl groups excluding tert-OH is 1. The summed E-state index contributed by atoms with van der Waals surface area (Å²) in [5, 5.41) is 22.2. The maximum Gasteiger partial charge on any atom is 0.370 e. The van der Waals surface area contributed by atoms with Crippen LogP contribution in [0.3, 0.4) is 0 Å². The number of nitrogens with zero attached hydrogens (tertiary/aromatic N) is 1. The topological polar surface area (TPSA) is 101 Å².